The number of aromatic hydroxyl groups is 2. The van der Waals surface area contributed by atoms with Crippen LogP contribution < -0.4 is 14.9 Å². The molecule has 1 aliphatic heterocycles. The van der Waals surface area contributed by atoms with E-state index < -0.39 is 5.91 Å². The molecular weight excluding hydrogens is 324 g/mol. The van der Waals surface area contributed by atoms with E-state index in [1.54, 1.807) is 32.0 Å². The van der Waals surface area contributed by atoms with Gasteiger partial charge < -0.3 is 19.7 Å². The fourth-order valence-corrected chi connectivity index (χ4v) is 2.47. The van der Waals surface area contributed by atoms with Gasteiger partial charge in [-0.3, -0.25) is 4.79 Å². The molecule has 7 nitrogen and oxygen atoms in total. The van der Waals surface area contributed by atoms with Gasteiger partial charge in [0, 0.05) is 16.7 Å². The Hall–Kier alpha value is -3.22. The number of amides is 1. The summed E-state index contributed by atoms with van der Waals surface area (Å²) in [6, 6.07) is 6.41. The van der Waals surface area contributed by atoms with Crippen molar-refractivity contribution in [3.8, 4) is 23.0 Å². The highest BCUT2D eigenvalue weighted by atomic mass is 16.6. The molecule has 0 bridgehead atoms. The van der Waals surface area contributed by atoms with Gasteiger partial charge in [-0.25, -0.2) is 5.43 Å². The third kappa shape index (κ3) is 3.35. The normalized spacial score (nSPS) is 13.0. The van der Waals surface area contributed by atoms with E-state index in [-0.39, 0.29) is 11.5 Å². The number of nitrogens with zero attached hydrogens (tertiary/aromatic N) is 1. The van der Waals surface area contributed by atoms with E-state index >= 15 is 0 Å². The first-order chi connectivity index (χ1) is 12.0. The fourth-order valence-electron chi connectivity index (χ4n) is 2.47. The summed E-state index contributed by atoms with van der Waals surface area (Å²) >= 11 is 0. The maximum Gasteiger partial charge on any atom is 0.271 e. The summed E-state index contributed by atoms with van der Waals surface area (Å²) in [7, 11) is 0. The van der Waals surface area contributed by atoms with Crippen molar-refractivity contribution in [3.63, 3.8) is 0 Å². The van der Waals surface area contributed by atoms with Crippen molar-refractivity contribution in [1.82, 2.24) is 5.43 Å². The Kier molecular flexibility index (Phi) is 4.47. The minimum absolute atomic E-state index is 0.00691. The molecule has 3 rings (SSSR count). The number of benzene rings is 2. The largest absolute Gasteiger partial charge is 0.508 e. The van der Waals surface area contributed by atoms with E-state index in [9.17, 15) is 15.0 Å². The standard InChI is InChI=1S/C18H18N2O5/c1-10-7-14(21)11(2)17(22)13(10)9-19-20-18(23)12-3-4-15-16(8-12)25-6-5-24-15/h3-4,7-9,21-22H,5-6H2,1-2H3,(H,20,23)/b19-9-. The van der Waals surface area contributed by atoms with Crippen LogP contribution >= 0.6 is 0 Å². The van der Waals surface area contributed by atoms with Crippen molar-refractivity contribution in [1.29, 1.82) is 0 Å². The molecule has 0 radical (unpaired) electrons. The molecule has 25 heavy (non-hydrogen) atoms. The summed E-state index contributed by atoms with van der Waals surface area (Å²) in [5, 5.41) is 23.6. The Balaban J connectivity index is 1.75. The summed E-state index contributed by atoms with van der Waals surface area (Å²) in [6.45, 7) is 4.24. The van der Waals surface area contributed by atoms with Gasteiger partial charge in [-0.05, 0) is 43.7 Å². The molecular formula is C18H18N2O5. The third-order valence-electron chi connectivity index (χ3n) is 3.94. The first kappa shape index (κ1) is 16.6. The highest BCUT2D eigenvalue weighted by Crippen LogP contribution is 2.32. The molecule has 0 unspecified atom stereocenters. The first-order valence-electron chi connectivity index (χ1n) is 7.72. The number of fused-ring (bicyclic) bond motifs is 1. The van der Waals surface area contributed by atoms with Crippen LogP contribution in [0.5, 0.6) is 23.0 Å². The number of ether oxygens (including phenoxy) is 2. The van der Waals surface area contributed by atoms with Crippen LogP contribution in [0.3, 0.4) is 0 Å². The Bertz CT molecular complexity index is 861. The topological polar surface area (TPSA) is 100 Å². The van der Waals surface area contributed by atoms with Gasteiger partial charge in [0.1, 0.15) is 24.7 Å². The van der Waals surface area contributed by atoms with Gasteiger partial charge in [-0.2, -0.15) is 5.10 Å². The van der Waals surface area contributed by atoms with Crippen LogP contribution in [0.4, 0.5) is 0 Å². The van der Waals surface area contributed by atoms with Crippen LogP contribution in [0.2, 0.25) is 0 Å². The second-order valence-corrected chi connectivity index (χ2v) is 5.66. The minimum Gasteiger partial charge on any atom is -0.508 e. The number of carbonyl (C=O) groups excluding carboxylic acids is 1. The number of rotatable bonds is 3. The van der Waals surface area contributed by atoms with E-state index in [1.165, 1.54) is 12.3 Å². The molecule has 2 aromatic rings. The number of hydrogen-bond acceptors (Lipinski definition) is 6. The number of hydrogen-bond donors (Lipinski definition) is 3. The van der Waals surface area contributed by atoms with Gasteiger partial charge in [0.15, 0.2) is 11.5 Å². The number of hydrazone groups is 1. The summed E-state index contributed by atoms with van der Waals surface area (Å²) in [6.07, 6.45) is 1.34. The predicted molar refractivity (Wildman–Crippen MR) is 91.7 cm³/mol. The Labute approximate surface area is 144 Å². The minimum atomic E-state index is -0.416. The van der Waals surface area contributed by atoms with Gasteiger partial charge in [-0.15, -0.1) is 0 Å². The van der Waals surface area contributed by atoms with Crippen molar-refractivity contribution in [2.45, 2.75) is 13.8 Å². The molecule has 7 heteroatoms. The molecule has 0 spiro atoms. The highest BCUT2D eigenvalue weighted by molar-refractivity contribution is 5.96. The van der Waals surface area contributed by atoms with Crippen LogP contribution in [0.25, 0.3) is 0 Å². The smallest absolute Gasteiger partial charge is 0.271 e. The average Bonchev–Trinajstić information content (AvgIpc) is 2.62. The molecule has 0 fully saturated rings. The SMILES string of the molecule is Cc1cc(O)c(C)c(O)c1/C=N\NC(=O)c1ccc2c(c1)OCCO2. The molecule has 1 amide bonds. The zero-order chi connectivity index (χ0) is 18.0. The molecule has 0 atom stereocenters. The van der Waals surface area contributed by atoms with E-state index in [1.807, 2.05) is 0 Å². The van der Waals surface area contributed by atoms with Gasteiger partial charge in [0.2, 0.25) is 0 Å². The summed E-state index contributed by atoms with van der Waals surface area (Å²) in [4.78, 5) is 12.2. The number of nitrogens with one attached hydrogen (secondary N) is 1. The lowest BCUT2D eigenvalue weighted by Gasteiger charge is -2.18. The maximum absolute atomic E-state index is 12.2. The second kappa shape index (κ2) is 6.72. The number of phenolic OH excluding ortho intramolecular Hbond substituents is 2. The molecule has 0 saturated heterocycles. The molecule has 130 valence electrons. The third-order valence-corrected chi connectivity index (χ3v) is 3.94. The van der Waals surface area contributed by atoms with Gasteiger partial charge >= 0.3 is 0 Å². The molecule has 0 saturated carbocycles. The first-order valence-corrected chi connectivity index (χ1v) is 7.72. The van der Waals surface area contributed by atoms with Gasteiger partial charge in [-0.1, -0.05) is 0 Å². The number of phenols is 2. The van der Waals surface area contributed by atoms with Crippen LogP contribution in [-0.4, -0.2) is 35.5 Å². The van der Waals surface area contributed by atoms with E-state index in [2.05, 4.69) is 10.5 Å². The van der Waals surface area contributed by atoms with Crippen LogP contribution in [0, 0.1) is 13.8 Å². The molecule has 2 aromatic carbocycles. The predicted octanol–water partition coefficient (Wildman–Crippen LogP) is 2.25. The summed E-state index contributed by atoms with van der Waals surface area (Å²) in [5.74, 6) is 0.639. The Morgan fingerprint density at radius 2 is 1.88 bits per heavy atom. The average molecular weight is 342 g/mol. The molecule has 0 aliphatic carbocycles. The zero-order valence-corrected chi connectivity index (χ0v) is 13.9. The molecule has 3 N–H and O–H groups in total. The van der Waals surface area contributed by atoms with E-state index in [0.717, 1.165) is 0 Å². The lowest BCUT2D eigenvalue weighted by atomic mass is 10.0. The lowest BCUT2D eigenvalue weighted by Crippen LogP contribution is -2.19. The van der Waals surface area contributed by atoms with Crippen molar-refractivity contribution in [2.24, 2.45) is 5.10 Å². The summed E-state index contributed by atoms with van der Waals surface area (Å²) < 4.78 is 10.9. The zero-order valence-electron chi connectivity index (χ0n) is 13.9. The van der Waals surface area contributed by atoms with E-state index in [4.69, 9.17) is 9.47 Å². The number of carbonyl (C=O) groups is 1. The number of aryl methyl sites for hydroxylation is 1. The second-order valence-electron chi connectivity index (χ2n) is 5.66. The van der Waals surface area contributed by atoms with Gasteiger partial charge in [0.25, 0.3) is 5.91 Å². The van der Waals surface area contributed by atoms with Crippen LogP contribution in [-0.2, 0) is 0 Å². The fraction of sp³-hybridized carbons (Fsp3) is 0.222. The Morgan fingerprint density at radius 3 is 2.64 bits per heavy atom. The lowest BCUT2D eigenvalue weighted by molar-refractivity contribution is 0.0954. The van der Waals surface area contributed by atoms with Crippen molar-refractivity contribution in [3.05, 3.63) is 46.5 Å². The van der Waals surface area contributed by atoms with Crippen molar-refractivity contribution >= 4 is 12.1 Å². The quantitative estimate of drug-likeness (QED) is 0.587. The molecule has 0 aromatic heterocycles. The Morgan fingerprint density at radius 1 is 1.16 bits per heavy atom. The highest BCUT2D eigenvalue weighted by Gasteiger charge is 2.15. The maximum atomic E-state index is 12.2. The van der Waals surface area contributed by atoms with Crippen molar-refractivity contribution < 1.29 is 24.5 Å². The monoisotopic (exact) mass is 342 g/mol. The van der Waals surface area contributed by atoms with Crippen molar-refractivity contribution in [2.75, 3.05) is 13.2 Å². The van der Waals surface area contributed by atoms with E-state index in [0.29, 0.717) is 47.0 Å². The summed E-state index contributed by atoms with van der Waals surface area (Å²) in [5.41, 5.74) is 4.20. The van der Waals surface area contributed by atoms with Crippen LogP contribution in [0.1, 0.15) is 27.0 Å². The molecule has 1 aliphatic rings. The van der Waals surface area contributed by atoms with Gasteiger partial charge in [0.05, 0.1) is 6.21 Å². The molecule has 1 heterocycles. The van der Waals surface area contributed by atoms with Crippen LogP contribution in [0.15, 0.2) is 29.4 Å².